The highest BCUT2D eigenvalue weighted by Crippen LogP contribution is 2.40. The van der Waals surface area contributed by atoms with Gasteiger partial charge < -0.3 is 10.3 Å². The van der Waals surface area contributed by atoms with Crippen molar-refractivity contribution in [3.63, 3.8) is 0 Å². The summed E-state index contributed by atoms with van der Waals surface area (Å²) in [6, 6.07) is 1.87. The number of rotatable bonds is 2. The van der Waals surface area contributed by atoms with E-state index in [0.717, 1.165) is 24.1 Å². The second-order valence-corrected chi connectivity index (χ2v) is 5.41. The van der Waals surface area contributed by atoms with Crippen LogP contribution in [0, 0.1) is 5.41 Å². The van der Waals surface area contributed by atoms with Crippen molar-refractivity contribution in [3.05, 3.63) is 23.5 Å². The van der Waals surface area contributed by atoms with E-state index < -0.39 is 6.43 Å². The molecule has 1 unspecified atom stereocenters. The largest absolute Gasteiger partial charge is 0.345 e. The van der Waals surface area contributed by atoms with Crippen molar-refractivity contribution in [1.29, 1.82) is 0 Å². The number of fused-ring (bicyclic) bond motifs is 1. The van der Waals surface area contributed by atoms with Gasteiger partial charge in [0, 0.05) is 17.9 Å². The minimum atomic E-state index is -2.31. The summed E-state index contributed by atoms with van der Waals surface area (Å²) in [7, 11) is 0. The molecule has 0 aromatic carbocycles. The first kappa shape index (κ1) is 11.6. The van der Waals surface area contributed by atoms with Gasteiger partial charge >= 0.3 is 0 Å². The highest BCUT2D eigenvalue weighted by Gasteiger charge is 2.32. The summed E-state index contributed by atoms with van der Waals surface area (Å²) in [6.07, 6.45) is 1.17. The molecule has 0 bridgehead atoms. The number of hydrogen-bond donors (Lipinski definition) is 1. The van der Waals surface area contributed by atoms with Crippen LogP contribution in [0.1, 0.15) is 37.6 Å². The van der Waals surface area contributed by atoms with Crippen LogP contribution in [0.5, 0.6) is 0 Å². The summed E-state index contributed by atoms with van der Waals surface area (Å²) in [4.78, 5) is 0. The average molecular weight is 228 g/mol. The molecule has 1 aromatic rings. The fraction of sp³-hybridized carbons (Fsp3) is 0.667. The number of hydrogen-bond acceptors (Lipinski definition) is 1. The summed E-state index contributed by atoms with van der Waals surface area (Å²) in [5, 5.41) is 0. The molecule has 16 heavy (non-hydrogen) atoms. The quantitative estimate of drug-likeness (QED) is 0.829. The Bertz CT molecular complexity index is 382. The molecule has 0 saturated heterocycles. The van der Waals surface area contributed by atoms with E-state index in [4.69, 9.17) is 5.73 Å². The molecule has 2 nitrogen and oxygen atoms in total. The number of nitrogens with two attached hydrogens (primary N) is 1. The Balaban J connectivity index is 2.33. The second kappa shape index (κ2) is 3.84. The second-order valence-electron chi connectivity index (χ2n) is 5.41. The zero-order valence-electron chi connectivity index (χ0n) is 9.71. The number of alkyl halides is 2. The Morgan fingerprint density at radius 2 is 2.25 bits per heavy atom. The Kier molecular flexibility index (Phi) is 2.78. The topological polar surface area (TPSA) is 30.9 Å². The number of halogens is 2. The van der Waals surface area contributed by atoms with Crippen LogP contribution in [0.15, 0.2) is 12.3 Å². The maximum Gasteiger partial charge on any atom is 0.256 e. The molecule has 0 radical (unpaired) electrons. The molecule has 0 spiro atoms. The lowest BCUT2D eigenvalue weighted by Gasteiger charge is -2.34. The Morgan fingerprint density at radius 3 is 2.88 bits per heavy atom. The Labute approximate surface area is 94.4 Å². The van der Waals surface area contributed by atoms with Crippen LogP contribution >= 0.6 is 0 Å². The molecule has 1 aliphatic rings. The lowest BCUT2D eigenvalue weighted by Crippen LogP contribution is -2.30. The molecule has 0 fully saturated rings. The molecule has 0 aliphatic heterocycles. The predicted molar refractivity (Wildman–Crippen MR) is 59.5 cm³/mol. The molecule has 1 atom stereocenters. The van der Waals surface area contributed by atoms with Gasteiger partial charge in [0.2, 0.25) is 0 Å². The zero-order chi connectivity index (χ0) is 11.9. The molecule has 90 valence electrons. The fourth-order valence-electron chi connectivity index (χ4n) is 2.61. The normalized spacial score (nSPS) is 23.5. The van der Waals surface area contributed by atoms with Crippen LogP contribution in [-0.2, 0) is 13.0 Å². The molecular formula is C12H18F2N2. The smallest absolute Gasteiger partial charge is 0.256 e. The van der Waals surface area contributed by atoms with Gasteiger partial charge in [0.15, 0.2) is 0 Å². The van der Waals surface area contributed by atoms with Gasteiger partial charge in [-0.05, 0) is 29.9 Å². The third kappa shape index (κ3) is 2.12. The predicted octanol–water partition coefficient (Wildman–Crippen LogP) is 2.73. The number of nitrogens with zero attached hydrogens (tertiary/aromatic N) is 1. The van der Waals surface area contributed by atoms with Crippen molar-refractivity contribution in [2.45, 2.75) is 45.7 Å². The highest BCUT2D eigenvalue weighted by molar-refractivity contribution is 5.30. The highest BCUT2D eigenvalue weighted by atomic mass is 19.3. The van der Waals surface area contributed by atoms with E-state index in [2.05, 4.69) is 13.8 Å². The summed E-state index contributed by atoms with van der Waals surface area (Å²) in [6.45, 7) is 4.04. The standard InChI is InChI=1S/C12H18F2N2/c1-12(2)5-9(15)8-3-4-16(7-11(13)14)10(8)6-12/h3-4,9,11H,5-7,15H2,1-2H3. The maximum absolute atomic E-state index is 12.4. The molecule has 1 aromatic heterocycles. The monoisotopic (exact) mass is 228 g/mol. The van der Waals surface area contributed by atoms with Crippen molar-refractivity contribution in [2.24, 2.45) is 11.1 Å². The zero-order valence-corrected chi connectivity index (χ0v) is 9.71. The molecule has 0 amide bonds. The molecule has 1 heterocycles. The Hall–Kier alpha value is -0.900. The first-order chi connectivity index (χ1) is 7.39. The van der Waals surface area contributed by atoms with Crippen molar-refractivity contribution in [3.8, 4) is 0 Å². The first-order valence-electron chi connectivity index (χ1n) is 5.61. The minimum Gasteiger partial charge on any atom is -0.345 e. The molecule has 4 heteroatoms. The summed E-state index contributed by atoms with van der Waals surface area (Å²) in [5.74, 6) is 0. The van der Waals surface area contributed by atoms with E-state index in [1.807, 2.05) is 6.07 Å². The molecule has 2 N–H and O–H groups in total. The molecule has 2 rings (SSSR count). The van der Waals surface area contributed by atoms with Crippen LogP contribution in [0.2, 0.25) is 0 Å². The van der Waals surface area contributed by atoms with E-state index in [0.29, 0.717) is 0 Å². The lowest BCUT2D eigenvalue weighted by atomic mass is 9.74. The van der Waals surface area contributed by atoms with E-state index in [-0.39, 0.29) is 18.0 Å². The average Bonchev–Trinajstić information content (AvgIpc) is 2.45. The van der Waals surface area contributed by atoms with Gasteiger partial charge in [0.1, 0.15) is 0 Å². The van der Waals surface area contributed by atoms with E-state index >= 15 is 0 Å². The summed E-state index contributed by atoms with van der Waals surface area (Å²) in [5.41, 5.74) is 8.20. The van der Waals surface area contributed by atoms with Crippen LogP contribution in [0.25, 0.3) is 0 Å². The van der Waals surface area contributed by atoms with Gasteiger partial charge in [-0.1, -0.05) is 13.8 Å². The summed E-state index contributed by atoms with van der Waals surface area (Å²) >= 11 is 0. The molecule has 1 aliphatic carbocycles. The van der Waals surface area contributed by atoms with E-state index in [1.54, 1.807) is 10.8 Å². The number of aromatic nitrogens is 1. The van der Waals surface area contributed by atoms with Crippen LogP contribution in [-0.4, -0.2) is 11.0 Å². The van der Waals surface area contributed by atoms with Crippen molar-refractivity contribution in [2.75, 3.05) is 0 Å². The third-order valence-corrected chi connectivity index (χ3v) is 3.27. The van der Waals surface area contributed by atoms with Crippen LogP contribution in [0.4, 0.5) is 8.78 Å². The van der Waals surface area contributed by atoms with Crippen LogP contribution in [0.3, 0.4) is 0 Å². The third-order valence-electron chi connectivity index (χ3n) is 3.27. The maximum atomic E-state index is 12.4. The van der Waals surface area contributed by atoms with Gasteiger partial charge in [-0.2, -0.15) is 0 Å². The SMILES string of the molecule is CC1(C)Cc2c(ccn2CC(F)F)C(N)C1. The van der Waals surface area contributed by atoms with Gasteiger partial charge in [-0.25, -0.2) is 8.78 Å². The Morgan fingerprint density at radius 1 is 1.56 bits per heavy atom. The van der Waals surface area contributed by atoms with Crippen molar-refractivity contribution < 1.29 is 8.78 Å². The van der Waals surface area contributed by atoms with Crippen molar-refractivity contribution in [1.82, 2.24) is 4.57 Å². The van der Waals surface area contributed by atoms with E-state index in [9.17, 15) is 8.78 Å². The summed E-state index contributed by atoms with van der Waals surface area (Å²) < 4.78 is 26.5. The first-order valence-corrected chi connectivity index (χ1v) is 5.61. The van der Waals surface area contributed by atoms with E-state index in [1.165, 1.54) is 0 Å². The van der Waals surface area contributed by atoms with Crippen LogP contribution < -0.4 is 5.73 Å². The van der Waals surface area contributed by atoms with Gasteiger partial charge in [-0.3, -0.25) is 0 Å². The fourth-order valence-corrected chi connectivity index (χ4v) is 2.61. The molecule has 0 saturated carbocycles. The lowest BCUT2D eigenvalue weighted by molar-refractivity contribution is 0.124. The van der Waals surface area contributed by atoms with Gasteiger partial charge in [0.25, 0.3) is 6.43 Å². The minimum absolute atomic E-state index is 0.0160. The van der Waals surface area contributed by atoms with Crippen molar-refractivity contribution >= 4 is 0 Å². The van der Waals surface area contributed by atoms with Gasteiger partial charge in [-0.15, -0.1) is 0 Å². The van der Waals surface area contributed by atoms with Gasteiger partial charge in [0.05, 0.1) is 6.54 Å². The molecular weight excluding hydrogens is 210 g/mol.